The Morgan fingerprint density at radius 1 is 1.05 bits per heavy atom. The third-order valence-electron chi connectivity index (χ3n) is 4.19. The van der Waals surface area contributed by atoms with Crippen molar-refractivity contribution >= 4 is 17.4 Å². The number of aryl methyl sites for hydroxylation is 1. The molecule has 1 aliphatic rings. The van der Waals surface area contributed by atoms with Gasteiger partial charge in [-0.15, -0.1) is 0 Å². The quantitative estimate of drug-likeness (QED) is 0.713. The van der Waals surface area contributed by atoms with Gasteiger partial charge >= 0.3 is 0 Å². The number of carbonyl (C=O) groups is 1. The second-order valence-electron chi connectivity index (χ2n) is 5.48. The summed E-state index contributed by atoms with van der Waals surface area (Å²) in [5.41, 5.74) is 3.54. The Labute approximate surface area is 124 Å². The SMILES string of the molecule is Cc1cccc(C(=O)c2ccccc2C2CCC2)c1Cl. The van der Waals surface area contributed by atoms with E-state index in [0.29, 0.717) is 16.5 Å². The first kappa shape index (κ1) is 13.4. The second kappa shape index (κ2) is 5.41. The molecule has 0 saturated heterocycles. The van der Waals surface area contributed by atoms with Crippen LogP contribution < -0.4 is 0 Å². The number of ketones is 1. The summed E-state index contributed by atoms with van der Waals surface area (Å²) in [6.45, 7) is 1.93. The minimum Gasteiger partial charge on any atom is -0.289 e. The number of benzene rings is 2. The van der Waals surface area contributed by atoms with E-state index in [1.54, 1.807) is 0 Å². The normalized spacial score (nSPS) is 14.9. The average Bonchev–Trinajstić information content (AvgIpc) is 2.40. The van der Waals surface area contributed by atoms with Gasteiger partial charge in [0.1, 0.15) is 0 Å². The lowest BCUT2D eigenvalue weighted by Gasteiger charge is -2.27. The Hall–Kier alpha value is -1.60. The summed E-state index contributed by atoms with van der Waals surface area (Å²) in [5.74, 6) is 0.583. The maximum absolute atomic E-state index is 12.8. The molecule has 2 heteroatoms. The summed E-state index contributed by atoms with van der Waals surface area (Å²) in [7, 11) is 0. The molecule has 0 heterocycles. The van der Waals surface area contributed by atoms with Gasteiger partial charge in [-0.25, -0.2) is 0 Å². The Kier molecular flexibility index (Phi) is 3.62. The molecule has 102 valence electrons. The van der Waals surface area contributed by atoms with Crippen LogP contribution in [0.15, 0.2) is 42.5 Å². The van der Waals surface area contributed by atoms with E-state index in [1.807, 2.05) is 43.3 Å². The molecule has 0 spiro atoms. The van der Waals surface area contributed by atoms with Crippen LogP contribution in [0.4, 0.5) is 0 Å². The van der Waals surface area contributed by atoms with Crippen molar-refractivity contribution in [2.24, 2.45) is 0 Å². The van der Waals surface area contributed by atoms with Crippen LogP contribution >= 0.6 is 11.6 Å². The van der Waals surface area contributed by atoms with Gasteiger partial charge < -0.3 is 0 Å². The predicted molar refractivity (Wildman–Crippen MR) is 82.7 cm³/mol. The summed E-state index contributed by atoms with van der Waals surface area (Å²) >= 11 is 6.30. The van der Waals surface area contributed by atoms with E-state index in [0.717, 1.165) is 11.1 Å². The van der Waals surface area contributed by atoms with Crippen molar-refractivity contribution in [1.29, 1.82) is 0 Å². The van der Waals surface area contributed by atoms with Crippen LogP contribution in [0.3, 0.4) is 0 Å². The number of rotatable bonds is 3. The van der Waals surface area contributed by atoms with Crippen molar-refractivity contribution in [2.75, 3.05) is 0 Å². The zero-order valence-electron chi connectivity index (χ0n) is 11.5. The first-order valence-electron chi connectivity index (χ1n) is 7.07. The van der Waals surface area contributed by atoms with Crippen molar-refractivity contribution in [3.63, 3.8) is 0 Å². The molecule has 0 N–H and O–H groups in total. The predicted octanol–water partition coefficient (Wildman–Crippen LogP) is 5.15. The minimum atomic E-state index is 0.0428. The molecule has 2 aromatic carbocycles. The smallest absolute Gasteiger partial charge is 0.194 e. The van der Waals surface area contributed by atoms with Crippen LogP contribution in [0.1, 0.15) is 52.2 Å². The average molecular weight is 285 g/mol. The van der Waals surface area contributed by atoms with E-state index in [2.05, 4.69) is 6.07 Å². The molecule has 3 rings (SSSR count). The Morgan fingerprint density at radius 2 is 1.75 bits per heavy atom. The maximum atomic E-state index is 12.8. The van der Waals surface area contributed by atoms with Crippen LogP contribution in [-0.4, -0.2) is 5.78 Å². The van der Waals surface area contributed by atoms with E-state index in [-0.39, 0.29) is 5.78 Å². The van der Waals surface area contributed by atoms with Crippen molar-refractivity contribution in [3.05, 3.63) is 69.7 Å². The summed E-state index contributed by atoms with van der Waals surface area (Å²) in [4.78, 5) is 12.8. The van der Waals surface area contributed by atoms with Gasteiger partial charge in [-0.2, -0.15) is 0 Å². The molecule has 1 nitrogen and oxygen atoms in total. The molecule has 0 bridgehead atoms. The van der Waals surface area contributed by atoms with Crippen molar-refractivity contribution in [1.82, 2.24) is 0 Å². The third kappa shape index (κ3) is 2.27. The number of carbonyl (C=O) groups excluding carboxylic acids is 1. The van der Waals surface area contributed by atoms with Crippen molar-refractivity contribution in [3.8, 4) is 0 Å². The van der Waals surface area contributed by atoms with Crippen LogP contribution in [0.2, 0.25) is 5.02 Å². The van der Waals surface area contributed by atoms with E-state index < -0.39 is 0 Å². The first-order valence-corrected chi connectivity index (χ1v) is 7.45. The molecular weight excluding hydrogens is 268 g/mol. The molecular formula is C18H17ClO. The summed E-state index contributed by atoms with van der Waals surface area (Å²) in [5, 5.41) is 0.570. The zero-order valence-corrected chi connectivity index (χ0v) is 12.3. The van der Waals surface area contributed by atoms with Crippen LogP contribution in [0.25, 0.3) is 0 Å². The second-order valence-corrected chi connectivity index (χ2v) is 5.86. The van der Waals surface area contributed by atoms with E-state index in [4.69, 9.17) is 11.6 Å². The van der Waals surface area contributed by atoms with Gasteiger partial charge in [-0.05, 0) is 42.9 Å². The fraction of sp³-hybridized carbons (Fsp3) is 0.278. The fourth-order valence-electron chi connectivity index (χ4n) is 2.75. The van der Waals surface area contributed by atoms with E-state index >= 15 is 0 Å². The molecule has 20 heavy (non-hydrogen) atoms. The minimum absolute atomic E-state index is 0.0428. The largest absolute Gasteiger partial charge is 0.289 e. The Balaban J connectivity index is 2.04. The Morgan fingerprint density at radius 3 is 2.45 bits per heavy atom. The lowest BCUT2D eigenvalue weighted by atomic mass is 9.77. The zero-order chi connectivity index (χ0) is 14.1. The molecule has 0 amide bonds. The standard InChI is InChI=1S/C18H17ClO/c1-12-6-4-11-16(17(12)19)18(20)15-10-3-2-9-14(15)13-7-5-8-13/h2-4,6,9-11,13H,5,7-8H2,1H3. The molecule has 0 radical (unpaired) electrons. The van der Waals surface area contributed by atoms with E-state index in [1.165, 1.54) is 24.8 Å². The van der Waals surface area contributed by atoms with Crippen LogP contribution in [0.5, 0.6) is 0 Å². The van der Waals surface area contributed by atoms with Gasteiger partial charge in [-0.3, -0.25) is 4.79 Å². The summed E-state index contributed by atoms with van der Waals surface area (Å²) in [6.07, 6.45) is 3.63. The van der Waals surface area contributed by atoms with Crippen LogP contribution in [-0.2, 0) is 0 Å². The van der Waals surface area contributed by atoms with Gasteiger partial charge in [0, 0.05) is 11.1 Å². The van der Waals surface area contributed by atoms with Crippen LogP contribution in [0, 0.1) is 6.92 Å². The summed E-state index contributed by atoms with van der Waals surface area (Å²) < 4.78 is 0. The molecule has 0 atom stereocenters. The molecule has 0 aromatic heterocycles. The highest BCUT2D eigenvalue weighted by molar-refractivity contribution is 6.35. The van der Waals surface area contributed by atoms with E-state index in [9.17, 15) is 4.79 Å². The highest BCUT2D eigenvalue weighted by Crippen LogP contribution is 2.38. The molecule has 1 fully saturated rings. The Bertz CT molecular complexity index is 656. The molecule has 0 aliphatic heterocycles. The number of hydrogen-bond donors (Lipinski definition) is 0. The topological polar surface area (TPSA) is 17.1 Å². The maximum Gasteiger partial charge on any atom is 0.194 e. The molecule has 1 aliphatic carbocycles. The highest BCUT2D eigenvalue weighted by atomic mass is 35.5. The van der Waals surface area contributed by atoms with Crippen molar-refractivity contribution in [2.45, 2.75) is 32.1 Å². The fourth-order valence-corrected chi connectivity index (χ4v) is 2.96. The van der Waals surface area contributed by atoms with Crippen molar-refractivity contribution < 1.29 is 4.79 Å². The third-order valence-corrected chi connectivity index (χ3v) is 4.69. The monoisotopic (exact) mass is 284 g/mol. The highest BCUT2D eigenvalue weighted by Gasteiger charge is 2.25. The summed E-state index contributed by atoms with van der Waals surface area (Å²) in [6, 6.07) is 13.6. The number of hydrogen-bond acceptors (Lipinski definition) is 1. The number of halogens is 1. The van der Waals surface area contributed by atoms with Gasteiger partial charge in [0.05, 0.1) is 5.02 Å². The van der Waals surface area contributed by atoms with Gasteiger partial charge in [-0.1, -0.05) is 54.4 Å². The first-order chi connectivity index (χ1) is 9.68. The lowest BCUT2D eigenvalue weighted by molar-refractivity contribution is 0.103. The van der Waals surface area contributed by atoms with Gasteiger partial charge in [0.25, 0.3) is 0 Å². The van der Waals surface area contributed by atoms with Gasteiger partial charge in [0.15, 0.2) is 5.78 Å². The lowest BCUT2D eigenvalue weighted by Crippen LogP contribution is -2.14. The van der Waals surface area contributed by atoms with Gasteiger partial charge in [0.2, 0.25) is 0 Å². The molecule has 1 saturated carbocycles. The molecule has 0 unspecified atom stereocenters. The molecule has 2 aromatic rings.